The zero-order valence-electron chi connectivity index (χ0n) is 6.43. The molecule has 0 atom stereocenters. The third-order valence-electron chi connectivity index (χ3n) is 1.38. The Labute approximate surface area is 122 Å². The third-order valence-corrected chi connectivity index (χ3v) is 1.80. The Bertz CT molecular complexity index is 450. The Morgan fingerprint density at radius 1 is 1.42 bits per heavy atom. The molecule has 56 valence electrons. The van der Waals surface area contributed by atoms with E-state index in [2.05, 4.69) is 4.98 Å². The molecule has 0 aliphatic rings. The third kappa shape index (κ3) is 2.20. The summed E-state index contributed by atoms with van der Waals surface area (Å²) in [6.07, 6.45) is 0. The van der Waals surface area contributed by atoms with Gasteiger partial charge in [0.1, 0.15) is 0 Å². The van der Waals surface area contributed by atoms with Crippen LogP contribution in [0.1, 0.15) is 0 Å². The minimum atomic E-state index is 0. The molecule has 1 aromatic heterocycles. The topological polar surface area (TPSA) is 28.9 Å². The number of halogens is 1. The van der Waals surface area contributed by atoms with Crippen molar-refractivity contribution in [2.75, 3.05) is 0 Å². The first-order valence-electron chi connectivity index (χ1n) is 3.04. The molecule has 0 aliphatic heterocycles. The van der Waals surface area contributed by atoms with E-state index in [-0.39, 0.29) is 51.4 Å². The standard InChI is InChI=1S/C7H4ClNOS.K/c8-4-1-2-5-6(3-4)10-7(11)9-5;/h1-3H,(H,9,11);/q;+1. The first-order chi connectivity index (χ1) is 5.25. The van der Waals surface area contributed by atoms with E-state index in [1.807, 2.05) is 6.07 Å². The maximum absolute atomic E-state index is 5.72. The second kappa shape index (κ2) is 4.37. The molecule has 0 saturated heterocycles. The van der Waals surface area contributed by atoms with Gasteiger partial charge in [0.25, 0.3) is 4.84 Å². The van der Waals surface area contributed by atoms with Crippen molar-refractivity contribution in [1.82, 2.24) is 4.98 Å². The van der Waals surface area contributed by atoms with E-state index >= 15 is 0 Å². The second-order valence-corrected chi connectivity index (χ2v) is 2.96. The number of nitrogens with one attached hydrogen (secondary N) is 1. The molecule has 1 aromatic carbocycles. The van der Waals surface area contributed by atoms with Crippen LogP contribution in [0.5, 0.6) is 0 Å². The summed E-state index contributed by atoms with van der Waals surface area (Å²) < 4.78 is 5.12. The van der Waals surface area contributed by atoms with Crippen LogP contribution in [-0.2, 0) is 0 Å². The molecule has 0 bridgehead atoms. The molecule has 0 radical (unpaired) electrons. The quantitative estimate of drug-likeness (QED) is 0.510. The molecule has 0 fully saturated rings. The summed E-state index contributed by atoms with van der Waals surface area (Å²) in [6.45, 7) is 0. The van der Waals surface area contributed by atoms with Gasteiger partial charge in [-0.2, -0.15) is 0 Å². The number of aromatic amines is 1. The summed E-state index contributed by atoms with van der Waals surface area (Å²) in [5.74, 6) is 0. The summed E-state index contributed by atoms with van der Waals surface area (Å²) in [6, 6.07) is 5.34. The van der Waals surface area contributed by atoms with Crippen molar-refractivity contribution < 1.29 is 55.8 Å². The van der Waals surface area contributed by atoms with Crippen LogP contribution in [0.25, 0.3) is 11.1 Å². The number of hydrogen-bond donors (Lipinski definition) is 1. The van der Waals surface area contributed by atoms with Crippen molar-refractivity contribution in [2.45, 2.75) is 0 Å². The molecular weight excluding hydrogens is 221 g/mol. The summed E-state index contributed by atoms with van der Waals surface area (Å²) >= 11 is 10.5. The van der Waals surface area contributed by atoms with Crippen LogP contribution in [0.3, 0.4) is 0 Å². The minimum Gasteiger partial charge on any atom is -0.429 e. The van der Waals surface area contributed by atoms with Crippen LogP contribution in [-0.4, -0.2) is 4.98 Å². The number of benzene rings is 1. The van der Waals surface area contributed by atoms with Crippen molar-refractivity contribution >= 4 is 34.9 Å². The van der Waals surface area contributed by atoms with Gasteiger partial charge in [-0.3, -0.25) is 0 Å². The summed E-state index contributed by atoms with van der Waals surface area (Å²) in [7, 11) is 0. The van der Waals surface area contributed by atoms with Crippen molar-refractivity contribution in [2.24, 2.45) is 0 Å². The summed E-state index contributed by atoms with van der Waals surface area (Å²) in [4.78, 5) is 3.25. The van der Waals surface area contributed by atoms with Gasteiger partial charge in [0.2, 0.25) is 0 Å². The number of fused-ring (bicyclic) bond motifs is 1. The van der Waals surface area contributed by atoms with Crippen molar-refractivity contribution in [3.8, 4) is 0 Å². The molecule has 5 heteroatoms. The van der Waals surface area contributed by atoms with Crippen LogP contribution < -0.4 is 51.4 Å². The normalized spacial score (nSPS) is 9.75. The Balaban J connectivity index is 0.000000720. The molecule has 0 spiro atoms. The number of rotatable bonds is 0. The summed E-state index contributed by atoms with van der Waals surface area (Å²) in [5.41, 5.74) is 1.57. The zero-order chi connectivity index (χ0) is 7.84. The first-order valence-corrected chi connectivity index (χ1v) is 3.83. The Kier molecular flexibility index (Phi) is 3.97. The van der Waals surface area contributed by atoms with Gasteiger partial charge < -0.3 is 9.40 Å². The van der Waals surface area contributed by atoms with E-state index in [4.69, 9.17) is 28.2 Å². The van der Waals surface area contributed by atoms with Crippen molar-refractivity contribution in [3.05, 3.63) is 28.1 Å². The largest absolute Gasteiger partial charge is 1.00 e. The first kappa shape index (κ1) is 10.9. The van der Waals surface area contributed by atoms with Gasteiger partial charge in [-0.15, -0.1) is 0 Å². The number of hydrogen-bond acceptors (Lipinski definition) is 2. The smallest absolute Gasteiger partial charge is 0.429 e. The molecule has 0 saturated carbocycles. The Hall–Kier alpha value is 0.836. The maximum atomic E-state index is 5.72. The molecular formula is C7H4ClKNOS+. The van der Waals surface area contributed by atoms with E-state index in [1.165, 1.54) is 0 Å². The minimum absolute atomic E-state index is 0. The fourth-order valence-electron chi connectivity index (χ4n) is 0.919. The number of oxazole rings is 1. The number of aromatic nitrogens is 1. The average molecular weight is 225 g/mol. The van der Waals surface area contributed by atoms with Crippen LogP contribution >= 0.6 is 23.8 Å². The van der Waals surface area contributed by atoms with Gasteiger partial charge in [-0.05, 0) is 24.4 Å². The molecule has 1 N–H and O–H groups in total. The van der Waals surface area contributed by atoms with E-state index in [1.54, 1.807) is 12.1 Å². The predicted molar refractivity (Wildman–Crippen MR) is 46.4 cm³/mol. The molecule has 2 nitrogen and oxygen atoms in total. The fraction of sp³-hybridized carbons (Fsp3) is 0. The predicted octanol–water partition coefficient (Wildman–Crippen LogP) is 0.148. The zero-order valence-corrected chi connectivity index (χ0v) is 11.1. The Morgan fingerprint density at radius 2 is 2.17 bits per heavy atom. The molecule has 12 heavy (non-hydrogen) atoms. The number of H-pyrrole nitrogens is 1. The van der Waals surface area contributed by atoms with Gasteiger partial charge in [0, 0.05) is 11.1 Å². The van der Waals surface area contributed by atoms with Crippen LogP contribution in [0.2, 0.25) is 5.02 Å². The maximum Gasteiger partial charge on any atom is 1.00 e. The van der Waals surface area contributed by atoms with Crippen molar-refractivity contribution in [1.29, 1.82) is 0 Å². The van der Waals surface area contributed by atoms with Gasteiger partial charge in [-0.1, -0.05) is 11.6 Å². The van der Waals surface area contributed by atoms with E-state index in [9.17, 15) is 0 Å². The van der Waals surface area contributed by atoms with Gasteiger partial charge in [0.05, 0.1) is 5.52 Å². The molecule has 0 aliphatic carbocycles. The van der Waals surface area contributed by atoms with E-state index in [0.717, 1.165) is 5.52 Å². The monoisotopic (exact) mass is 224 g/mol. The summed E-state index contributed by atoms with van der Waals surface area (Å²) in [5, 5.41) is 0.648. The van der Waals surface area contributed by atoms with E-state index < -0.39 is 0 Å². The fourth-order valence-corrected chi connectivity index (χ4v) is 1.28. The van der Waals surface area contributed by atoms with Gasteiger partial charge in [-0.25, -0.2) is 0 Å². The Morgan fingerprint density at radius 3 is 2.92 bits per heavy atom. The molecule has 0 unspecified atom stereocenters. The van der Waals surface area contributed by atoms with Crippen molar-refractivity contribution in [3.63, 3.8) is 0 Å². The molecule has 0 amide bonds. The average Bonchev–Trinajstić information content (AvgIpc) is 2.27. The molecule has 1 heterocycles. The van der Waals surface area contributed by atoms with Crippen LogP contribution in [0, 0.1) is 4.84 Å². The van der Waals surface area contributed by atoms with Gasteiger partial charge >= 0.3 is 51.4 Å². The van der Waals surface area contributed by atoms with Crippen LogP contribution in [0.4, 0.5) is 0 Å². The SMILES string of the molecule is S=c1[nH]c2ccc(Cl)cc2o1.[K+]. The molecule has 2 aromatic rings. The van der Waals surface area contributed by atoms with Gasteiger partial charge in [0.15, 0.2) is 5.58 Å². The molecule has 2 rings (SSSR count). The second-order valence-electron chi connectivity index (χ2n) is 2.16. The van der Waals surface area contributed by atoms with Crippen LogP contribution in [0.15, 0.2) is 22.6 Å². The van der Waals surface area contributed by atoms with E-state index in [0.29, 0.717) is 15.4 Å².